The maximum Gasteiger partial charge on any atom is 0.335 e. The minimum Gasteiger partial charge on any atom is -0.478 e. The molecule has 0 aliphatic carbocycles. The van der Waals surface area contributed by atoms with Gasteiger partial charge in [-0.1, -0.05) is 16.6 Å². The van der Waals surface area contributed by atoms with Crippen molar-refractivity contribution in [1.82, 2.24) is 30.6 Å². The molecule has 3 heterocycles. The third-order valence-electron chi connectivity index (χ3n) is 4.59. The van der Waals surface area contributed by atoms with Gasteiger partial charge in [-0.2, -0.15) is 5.21 Å². The third-order valence-corrected chi connectivity index (χ3v) is 5.74. The number of aryl methyl sites for hydroxylation is 1. The molecule has 1 aromatic carbocycles. The van der Waals surface area contributed by atoms with E-state index in [0.29, 0.717) is 45.4 Å². The van der Waals surface area contributed by atoms with Gasteiger partial charge in [0.05, 0.1) is 11.1 Å². The average molecular weight is 456 g/mol. The molecule has 0 saturated heterocycles. The molecule has 0 saturated carbocycles. The molecule has 0 bridgehead atoms. The van der Waals surface area contributed by atoms with Gasteiger partial charge in [-0.25, -0.2) is 9.78 Å². The van der Waals surface area contributed by atoms with Crippen LogP contribution in [-0.2, 0) is 6.42 Å². The predicted octanol–water partition coefficient (Wildman–Crippen LogP) is 3.23. The number of anilines is 1. The van der Waals surface area contributed by atoms with Crippen molar-refractivity contribution in [2.24, 2.45) is 0 Å². The van der Waals surface area contributed by atoms with Crippen LogP contribution in [0.2, 0.25) is 0 Å². The molecule has 10 nitrogen and oxygen atoms in total. The summed E-state index contributed by atoms with van der Waals surface area (Å²) in [4.78, 5) is 34.3. The fourth-order valence-corrected chi connectivity index (χ4v) is 4.10. The number of unbranched alkanes of at least 4 members (excludes halogenated alkanes) is 1. The van der Waals surface area contributed by atoms with Crippen LogP contribution in [0.1, 0.15) is 39.4 Å². The molecule has 0 aliphatic heterocycles. The van der Waals surface area contributed by atoms with Crippen molar-refractivity contribution in [1.29, 1.82) is 0 Å². The Hall–Kier alpha value is -3.51. The predicted molar refractivity (Wildman–Crippen MR) is 117 cm³/mol. The lowest BCUT2D eigenvalue weighted by molar-refractivity contribution is 0.0696. The summed E-state index contributed by atoms with van der Waals surface area (Å²) in [5.74, 6) is -0.181. The second kappa shape index (κ2) is 9.10. The number of thiazole rings is 1. The lowest BCUT2D eigenvalue weighted by Gasteiger charge is -2.22. The van der Waals surface area contributed by atoms with Crippen LogP contribution in [-0.4, -0.2) is 54.1 Å². The number of hydrogen-bond donors (Lipinski definition) is 3. The number of nitrogens with zero attached hydrogens (tertiary/aromatic N) is 5. The lowest BCUT2D eigenvalue weighted by Crippen LogP contribution is -2.32. The van der Waals surface area contributed by atoms with Gasteiger partial charge in [-0.3, -0.25) is 9.69 Å². The highest BCUT2D eigenvalue weighted by Gasteiger charge is 2.20. The topological polar surface area (TPSA) is 141 Å². The van der Waals surface area contributed by atoms with Crippen LogP contribution in [0.15, 0.2) is 36.4 Å². The molecular formula is C19H17N7O3S2. The quantitative estimate of drug-likeness (QED) is 0.272. The van der Waals surface area contributed by atoms with Crippen LogP contribution in [0, 0.1) is 3.95 Å². The second-order valence-corrected chi connectivity index (χ2v) is 8.33. The molecule has 31 heavy (non-hydrogen) atoms. The summed E-state index contributed by atoms with van der Waals surface area (Å²) in [7, 11) is 0. The van der Waals surface area contributed by atoms with E-state index in [1.165, 1.54) is 35.6 Å². The first-order valence-electron chi connectivity index (χ1n) is 9.38. The summed E-state index contributed by atoms with van der Waals surface area (Å²) in [6.07, 6.45) is 2.08. The van der Waals surface area contributed by atoms with Crippen molar-refractivity contribution in [2.45, 2.75) is 19.3 Å². The fourth-order valence-electron chi connectivity index (χ4n) is 3.05. The van der Waals surface area contributed by atoms with E-state index in [-0.39, 0.29) is 11.5 Å². The Morgan fingerprint density at radius 1 is 1.10 bits per heavy atom. The minimum atomic E-state index is -1.04. The van der Waals surface area contributed by atoms with E-state index in [1.807, 2.05) is 6.07 Å². The van der Waals surface area contributed by atoms with E-state index in [4.69, 9.17) is 17.3 Å². The maximum atomic E-state index is 13.3. The third kappa shape index (κ3) is 4.81. The largest absolute Gasteiger partial charge is 0.478 e. The van der Waals surface area contributed by atoms with Gasteiger partial charge in [-0.05, 0) is 61.5 Å². The number of carboxylic acids is 1. The van der Waals surface area contributed by atoms with Gasteiger partial charge < -0.3 is 10.1 Å². The molecule has 3 N–H and O–H groups in total. The summed E-state index contributed by atoms with van der Waals surface area (Å²) in [6, 6.07) is 9.46. The molecule has 12 heteroatoms. The Bertz CT molecular complexity index is 1270. The SMILES string of the molecule is O=C(O)c1ccc(C(=O)N(CCCCc2nn[nH]n2)c2ccc3[nH]c(=S)sc3n2)cc1. The summed E-state index contributed by atoms with van der Waals surface area (Å²) in [6.45, 7) is 0.422. The number of carboxylic acid groups (broad SMARTS) is 1. The number of pyridine rings is 1. The normalized spacial score (nSPS) is 11.0. The zero-order valence-corrected chi connectivity index (χ0v) is 17.7. The molecule has 0 fully saturated rings. The number of rotatable bonds is 8. The molecule has 0 aliphatic rings. The van der Waals surface area contributed by atoms with Crippen molar-refractivity contribution in [3.8, 4) is 0 Å². The lowest BCUT2D eigenvalue weighted by atomic mass is 10.1. The monoisotopic (exact) mass is 455 g/mol. The van der Waals surface area contributed by atoms with Crippen molar-refractivity contribution in [3.05, 3.63) is 57.3 Å². The summed E-state index contributed by atoms with van der Waals surface area (Å²) in [5.41, 5.74) is 1.32. The second-order valence-electron chi connectivity index (χ2n) is 6.66. The number of aromatic nitrogens is 6. The van der Waals surface area contributed by atoms with Crippen LogP contribution < -0.4 is 4.90 Å². The van der Waals surface area contributed by atoms with Crippen LogP contribution >= 0.6 is 23.6 Å². The first-order valence-corrected chi connectivity index (χ1v) is 10.6. The summed E-state index contributed by atoms with van der Waals surface area (Å²) < 4.78 is 0.613. The number of carbonyl (C=O) groups is 2. The Labute approximate surface area is 185 Å². The highest BCUT2D eigenvalue weighted by Crippen LogP contribution is 2.23. The number of carbonyl (C=O) groups excluding carboxylic acids is 1. The molecule has 4 rings (SSSR count). The molecular weight excluding hydrogens is 438 g/mol. The zero-order valence-electron chi connectivity index (χ0n) is 16.1. The van der Waals surface area contributed by atoms with Gasteiger partial charge in [0.25, 0.3) is 5.91 Å². The molecule has 1 amide bonds. The van der Waals surface area contributed by atoms with Crippen LogP contribution in [0.25, 0.3) is 10.3 Å². The standard InChI is InChI=1S/C19H17N7O3S2/c27-17(11-4-6-12(7-5-11)18(28)29)26(10-2-1-3-14-22-24-25-23-14)15-9-8-13-16(21-15)31-19(30)20-13/h4-9H,1-3,10H2,(H,20,30)(H,28,29)(H,22,23,24,25). The first kappa shape index (κ1) is 20.8. The summed E-state index contributed by atoms with van der Waals surface area (Å²) >= 11 is 6.52. The number of aromatic carboxylic acids is 1. The Morgan fingerprint density at radius 2 is 1.87 bits per heavy atom. The van der Waals surface area contributed by atoms with E-state index in [0.717, 1.165) is 11.9 Å². The molecule has 0 unspecified atom stereocenters. The Morgan fingerprint density at radius 3 is 2.58 bits per heavy atom. The van der Waals surface area contributed by atoms with Gasteiger partial charge in [0.15, 0.2) is 9.78 Å². The van der Waals surface area contributed by atoms with Crippen LogP contribution in [0.3, 0.4) is 0 Å². The fraction of sp³-hybridized carbons (Fsp3) is 0.211. The number of tetrazole rings is 1. The number of benzene rings is 1. The molecule has 4 aromatic rings. The first-order chi connectivity index (χ1) is 15.0. The Kier molecular flexibility index (Phi) is 6.09. The van der Waals surface area contributed by atoms with E-state index in [2.05, 4.69) is 30.6 Å². The smallest absolute Gasteiger partial charge is 0.335 e. The van der Waals surface area contributed by atoms with E-state index < -0.39 is 5.97 Å². The number of H-pyrrole nitrogens is 2. The highest BCUT2D eigenvalue weighted by molar-refractivity contribution is 7.73. The van der Waals surface area contributed by atoms with Gasteiger partial charge in [0.1, 0.15) is 10.6 Å². The number of hydrogen-bond acceptors (Lipinski definition) is 8. The molecule has 0 spiro atoms. The van der Waals surface area contributed by atoms with Crippen LogP contribution in [0.4, 0.5) is 5.82 Å². The van der Waals surface area contributed by atoms with E-state index in [9.17, 15) is 9.59 Å². The number of nitrogens with one attached hydrogen (secondary N) is 2. The molecule has 158 valence electrons. The van der Waals surface area contributed by atoms with Gasteiger partial charge in [0, 0.05) is 18.5 Å². The zero-order chi connectivity index (χ0) is 21.8. The summed E-state index contributed by atoms with van der Waals surface area (Å²) in [5, 5.41) is 22.9. The van der Waals surface area contributed by atoms with Gasteiger partial charge in [0.2, 0.25) is 0 Å². The van der Waals surface area contributed by atoms with Gasteiger partial charge >= 0.3 is 5.97 Å². The van der Waals surface area contributed by atoms with Crippen molar-refractivity contribution in [2.75, 3.05) is 11.4 Å². The Balaban J connectivity index is 1.57. The van der Waals surface area contributed by atoms with E-state index >= 15 is 0 Å². The average Bonchev–Trinajstić information content (AvgIpc) is 3.41. The highest BCUT2D eigenvalue weighted by atomic mass is 32.1. The van der Waals surface area contributed by atoms with Gasteiger partial charge in [-0.15, -0.1) is 10.2 Å². The number of aromatic amines is 2. The van der Waals surface area contributed by atoms with Crippen molar-refractivity contribution < 1.29 is 14.7 Å². The molecule has 0 atom stereocenters. The van der Waals surface area contributed by atoms with Crippen LogP contribution in [0.5, 0.6) is 0 Å². The number of fused-ring (bicyclic) bond motifs is 1. The minimum absolute atomic E-state index is 0.120. The molecule has 3 aromatic heterocycles. The van der Waals surface area contributed by atoms with E-state index in [1.54, 1.807) is 11.0 Å². The van der Waals surface area contributed by atoms with Crippen molar-refractivity contribution in [3.63, 3.8) is 0 Å². The van der Waals surface area contributed by atoms with Crippen molar-refractivity contribution >= 4 is 51.6 Å². The number of amides is 1. The maximum absolute atomic E-state index is 13.3. The molecule has 0 radical (unpaired) electrons.